The molecule has 0 radical (unpaired) electrons. The smallest absolute Gasteiger partial charge is 0.455 e. The minimum atomic E-state index is -6.28. The van der Waals surface area contributed by atoms with E-state index in [1.807, 2.05) is 0 Å². The molecule has 0 rings (SSSR count). The van der Waals surface area contributed by atoms with Crippen molar-refractivity contribution in [2.75, 3.05) is 13.2 Å². The SMILES string of the molecule is CCOC(=O)C(F)(F)C(F)(F)OCC(F)(F)C(F)(F)F. The molecule has 0 atom stereocenters. The molecule has 0 unspecified atom stereocenters. The Labute approximate surface area is 105 Å². The molecule has 0 aliphatic carbocycles. The number of carbonyl (C=O) groups is 1. The lowest BCUT2D eigenvalue weighted by Gasteiger charge is -2.27. The highest BCUT2D eigenvalue weighted by Gasteiger charge is 2.67. The average molecular weight is 322 g/mol. The number of hydrogen-bond donors (Lipinski definition) is 0. The lowest BCUT2D eigenvalue weighted by atomic mass is 10.3. The van der Waals surface area contributed by atoms with Crippen molar-refractivity contribution in [2.24, 2.45) is 0 Å². The number of hydrogen-bond acceptors (Lipinski definition) is 3. The Morgan fingerprint density at radius 3 is 1.75 bits per heavy atom. The fraction of sp³-hybridized carbons (Fsp3) is 0.875. The van der Waals surface area contributed by atoms with Crippen molar-refractivity contribution in [2.45, 2.75) is 31.1 Å². The molecule has 120 valence electrons. The van der Waals surface area contributed by atoms with Crippen LogP contribution in [0.5, 0.6) is 0 Å². The predicted molar refractivity (Wildman–Crippen MR) is 43.5 cm³/mol. The van der Waals surface area contributed by atoms with Crippen LogP contribution in [0.15, 0.2) is 0 Å². The van der Waals surface area contributed by atoms with Gasteiger partial charge in [-0.2, -0.15) is 39.5 Å². The summed E-state index contributed by atoms with van der Waals surface area (Å²) in [6, 6.07) is 0. The molecular formula is C8H7F9O3. The van der Waals surface area contributed by atoms with Crippen LogP contribution in [0.3, 0.4) is 0 Å². The topological polar surface area (TPSA) is 35.5 Å². The van der Waals surface area contributed by atoms with Crippen molar-refractivity contribution in [3.05, 3.63) is 0 Å². The summed E-state index contributed by atoms with van der Waals surface area (Å²) in [5.41, 5.74) is 0. The average Bonchev–Trinajstić information content (AvgIpc) is 2.25. The van der Waals surface area contributed by atoms with E-state index in [0.717, 1.165) is 6.92 Å². The van der Waals surface area contributed by atoms with Crippen LogP contribution in [0, 0.1) is 0 Å². The highest BCUT2D eigenvalue weighted by molar-refractivity contribution is 5.78. The van der Waals surface area contributed by atoms with Gasteiger partial charge < -0.3 is 9.47 Å². The van der Waals surface area contributed by atoms with Gasteiger partial charge in [0.1, 0.15) is 6.61 Å². The Kier molecular flexibility index (Phi) is 5.32. The molecule has 0 aliphatic rings. The first-order valence-corrected chi connectivity index (χ1v) is 4.70. The first-order chi connectivity index (χ1) is 8.69. The van der Waals surface area contributed by atoms with Gasteiger partial charge in [0.15, 0.2) is 0 Å². The van der Waals surface area contributed by atoms with Crippen molar-refractivity contribution in [3.8, 4) is 0 Å². The Balaban J connectivity index is 4.96. The van der Waals surface area contributed by atoms with Gasteiger partial charge in [0.05, 0.1) is 6.61 Å². The largest absolute Gasteiger partial charge is 0.461 e. The Morgan fingerprint density at radius 1 is 0.950 bits per heavy atom. The van der Waals surface area contributed by atoms with E-state index in [1.165, 1.54) is 0 Å². The monoisotopic (exact) mass is 322 g/mol. The van der Waals surface area contributed by atoms with Crippen LogP contribution in [0.25, 0.3) is 0 Å². The molecule has 0 heterocycles. The fourth-order valence-electron chi connectivity index (χ4n) is 0.694. The number of halogens is 9. The van der Waals surface area contributed by atoms with E-state index in [-0.39, 0.29) is 0 Å². The van der Waals surface area contributed by atoms with Crippen LogP contribution in [0.2, 0.25) is 0 Å². The molecule has 3 nitrogen and oxygen atoms in total. The quantitative estimate of drug-likeness (QED) is 0.557. The zero-order chi connectivity index (χ0) is 16.4. The van der Waals surface area contributed by atoms with Gasteiger partial charge in [-0.15, -0.1) is 0 Å². The molecule has 0 aromatic rings. The highest BCUT2D eigenvalue weighted by Crippen LogP contribution is 2.41. The number of alkyl halides is 9. The van der Waals surface area contributed by atoms with E-state index in [2.05, 4.69) is 9.47 Å². The zero-order valence-corrected chi connectivity index (χ0v) is 9.54. The van der Waals surface area contributed by atoms with Crippen LogP contribution in [-0.4, -0.2) is 43.3 Å². The van der Waals surface area contributed by atoms with E-state index in [4.69, 9.17) is 0 Å². The van der Waals surface area contributed by atoms with Crippen molar-refractivity contribution in [1.82, 2.24) is 0 Å². The summed E-state index contributed by atoms with van der Waals surface area (Å²) in [7, 11) is 0. The van der Waals surface area contributed by atoms with Crippen LogP contribution in [0.1, 0.15) is 6.92 Å². The molecule has 0 bridgehead atoms. The van der Waals surface area contributed by atoms with Crippen LogP contribution < -0.4 is 0 Å². The summed E-state index contributed by atoms with van der Waals surface area (Å²) >= 11 is 0. The second-order valence-corrected chi connectivity index (χ2v) is 3.30. The molecule has 0 aliphatic heterocycles. The molecule has 0 saturated heterocycles. The highest BCUT2D eigenvalue weighted by atomic mass is 19.4. The van der Waals surface area contributed by atoms with Crippen LogP contribution in [-0.2, 0) is 14.3 Å². The van der Waals surface area contributed by atoms with Crippen LogP contribution >= 0.6 is 0 Å². The van der Waals surface area contributed by atoms with Crippen molar-refractivity contribution in [3.63, 3.8) is 0 Å². The summed E-state index contributed by atoms with van der Waals surface area (Å²) < 4.78 is 117. The Hall–Kier alpha value is -1.20. The summed E-state index contributed by atoms with van der Waals surface area (Å²) in [5.74, 6) is -14.3. The third-order valence-corrected chi connectivity index (χ3v) is 1.75. The maximum absolute atomic E-state index is 12.8. The first kappa shape index (κ1) is 18.8. The molecule has 0 fully saturated rings. The minimum Gasteiger partial charge on any atom is -0.461 e. The number of rotatable bonds is 6. The van der Waals surface area contributed by atoms with Gasteiger partial charge in [-0.05, 0) is 6.92 Å². The number of ether oxygens (including phenoxy) is 2. The van der Waals surface area contributed by atoms with Gasteiger partial charge in [0.2, 0.25) is 0 Å². The third-order valence-electron chi connectivity index (χ3n) is 1.75. The maximum atomic E-state index is 12.8. The van der Waals surface area contributed by atoms with Crippen LogP contribution in [0.4, 0.5) is 39.5 Å². The summed E-state index contributed by atoms with van der Waals surface area (Å²) in [5, 5.41) is 0. The van der Waals surface area contributed by atoms with E-state index in [9.17, 15) is 44.3 Å². The summed E-state index contributed by atoms with van der Waals surface area (Å²) in [6.45, 7) is -2.85. The normalized spacial score (nSPS) is 14.3. The molecule has 0 N–H and O–H groups in total. The van der Waals surface area contributed by atoms with Gasteiger partial charge >= 0.3 is 30.1 Å². The van der Waals surface area contributed by atoms with Gasteiger partial charge in [-0.25, -0.2) is 4.79 Å². The first-order valence-electron chi connectivity index (χ1n) is 4.70. The molecule has 0 spiro atoms. The zero-order valence-electron chi connectivity index (χ0n) is 9.54. The summed E-state index contributed by atoms with van der Waals surface area (Å²) in [6.07, 6.45) is -12.2. The van der Waals surface area contributed by atoms with E-state index in [0.29, 0.717) is 0 Å². The number of carbonyl (C=O) groups excluding carboxylic acids is 1. The Morgan fingerprint density at radius 2 is 1.40 bits per heavy atom. The van der Waals surface area contributed by atoms with Crippen molar-refractivity contribution < 1.29 is 53.8 Å². The molecule has 0 saturated carbocycles. The van der Waals surface area contributed by atoms with E-state index < -0.39 is 43.3 Å². The molecule has 0 amide bonds. The lowest BCUT2D eigenvalue weighted by molar-refractivity contribution is -0.373. The van der Waals surface area contributed by atoms with Gasteiger partial charge in [0, 0.05) is 0 Å². The predicted octanol–water partition coefficient (Wildman–Crippen LogP) is 2.99. The van der Waals surface area contributed by atoms with E-state index in [1.54, 1.807) is 0 Å². The van der Waals surface area contributed by atoms with Gasteiger partial charge in [0.25, 0.3) is 0 Å². The molecule has 12 heteroatoms. The minimum absolute atomic E-state index is 0.747. The molecule has 0 aromatic heterocycles. The maximum Gasteiger partial charge on any atom is 0.455 e. The van der Waals surface area contributed by atoms with Crippen molar-refractivity contribution in [1.29, 1.82) is 0 Å². The molecule has 0 aromatic carbocycles. The second-order valence-electron chi connectivity index (χ2n) is 3.30. The number of esters is 1. The molecular weight excluding hydrogens is 315 g/mol. The fourth-order valence-corrected chi connectivity index (χ4v) is 0.694. The third kappa shape index (κ3) is 3.90. The second kappa shape index (κ2) is 5.66. The Bertz CT molecular complexity index is 350. The molecule has 20 heavy (non-hydrogen) atoms. The lowest BCUT2D eigenvalue weighted by Crippen LogP contribution is -2.52. The van der Waals surface area contributed by atoms with Gasteiger partial charge in [-0.3, -0.25) is 0 Å². The standard InChI is InChI=1S/C8H7F9O3/c1-2-19-4(18)6(11,12)8(16,17)20-3-5(9,10)7(13,14)15/h2-3H2,1H3. The summed E-state index contributed by atoms with van der Waals surface area (Å²) in [4.78, 5) is 10.5. The van der Waals surface area contributed by atoms with Crippen molar-refractivity contribution >= 4 is 5.97 Å². The van der Waals surface area contributed by atoms with E-state index >= 15 is 0 Å². The van der Waals surface area contributed by atoms with Gasteiger partial charge in [-0.1, -0.05) is 0 Å².